The summed E-state index contributed by atoms with van der Waals surface area (Å²) >= 11 is 6.07. The fourth-order valence-corrected chi connectivity index (χ4v) is 2.16. The molecule has 0 aliphatic heterocycles. The lowest BCUT2D eigenvalue weighted by molar-refractivity contribution is -0.130. The van der Waals surface area contributed by atoms with Crippen molar-refractivity contribution in [1.29, 1.82) is 0 Å². The third-order valence-electron chi connectivity index (χ3n) is 2.89. The van der Waals surface area contributed by atoms with Crippen molar-refractivity contribution in [3.05, 3.63) is 34.9 Å². The van der Waals surface area contributed by atoms with Gasteiger partial charge in [-0.1, -0.05) is 43.6 Å². The fourth-order valence-electron chi connectivity index (χ4n) is 1.96. The molecule has 0 fully saturated rings. The molecule has 0 spiro atoms. The summed E-state index contributed by atoms with van der Waals surface area (Å²) < 4.78 is 0. The van der Waals surface area contributed by atoms with E-state index < -0.39 is 0 Å². The average Bonchev–Trinajstić information content (AvgIpc) is 2.40. The predicted octanol–water partition coefficient (Wildman–Crippen LogP) is 3.08. The van der Waals surface area contributed by atoms with Gasteiger partial charge in [0.1, 0.15) is 0 Å². The first kappa shape index (κ1) is 16.0. The summed E-state index contributed by atoms with van der Waals surface area (Å²) in [5.41, 5.74) is 1.02. The van der Waals surface area contributed by atoms with E-state index in [-0.39, 0.29) is 5.91 Å². The van der Waals surface area contributed by atoms with Gasteiger partial charge in [-0.2, -0.15) is 0 Å². The van der Waals surface area contributed by atoms with Gasteiger partial charge in [-0.3, -0.25) is 4.79 Å². The Labute approximate surface area is 120 Å². The molecule has 1 amide bonds. The SMILES string of the molecule is CCCN(CCC)C(=O)CNCc1ccccc1Cl. The topological polar surface area (TPSA) is 32.3 Å². The van der Waals surface area contributed by atoms with Gasteiger partial charge in [0.15, 0.2) is 0 Å². The highest BCUT2D eigenvalue weighted by molar-refractivity contribution is 6.31. The zero-order valence-electron chi connectivity index (χ0n) is 11.8. The molecular weight excluding hydrogens is 260 g/mol. The second-order valence-electron chi connectivity index (χ2n) is 4.58. The molecule has 0 aromatic heterocycles. The molecule has 0 heterocycles. The molecule has 1 N–H and O–H groups in total. The molecular formula is C15H23ClN2O. The molecule has 0 radical (unpaired) electrons. The van der Waals surface area contributed by atoms with Crippen molar-refractivity contribution in [2.45, 2.75) is 33.2 Å². The molecule has 0 aliphatic rings. The van der Waals surface area contributed by atoms with E-state index in [1.807, 2.05) is 29.2 Å². The first-order valence-electron chi connectivity index (χ1n) is 6.90. The van der Waals surface area contributed by atoms with Gasteiger partial charge >= 0.3 is 0 Å². The number of hydrogen-bond acceptors (Lipinski definition) is 2. The van der Waals surface area contributed by atoms with Crippen molar-refractivity contribution in [2.24, 2.45) is 0 Å². The maximum atomic E-state index is 12.0. The van der Waals surface area contributed by atoms with Gasteiger partial charge in [-0.25, -0.2) is 0 Å². The van der Waals surface area contributed by atoms with Crippen LogP contribution in [0.5, 0.6) is 0 Å². The number of nitrogens with zero attached hydrogens (tertiary/aromatic N) is 1. The van der Waals surface area contributed by atoms with Crippen LogP contribution in [0.15, 0.2) is 24.3 Å². The van der Waals surface area contributed by atoms with E-state index in [9.17, 15) is 4.79 Å². The fraction of sp³-hybridized carbons (Fsp3) is 0.533. The zero-order valence-corrected chi connectivity index (χ0v) is 12.5. The molecule has 0 saturated heterocycles. The van der Waals surface area contributed by atoms with E-state index in [0.717, 1.165) is 36.5 Å². The van der Waals surface area contributed by atoms with Crippen LogP contribution in [-0.4, -0.2) is 30.4 Å². The number of hydrogen-bond donors (Lipinski definition) is 1. The van der Waals surface area contributed by atoms with Crippen LogP contribution in [0, 0.1) is 0 Å². The molecule has 0 aliphatic carbocycles. The number of nitrogens with one attached hydrogen (secondary N) is 1. The molecule has 0 unspecified atom stereocenters. The molecule has 1 aromatic carbocycles. The van der Waals surface area contributed by atoms with Crippen molar-refractivity contribution in [3.63, 3.8) is 0 Å². The monoisotopic (exact) mass is 282 g/mol. The summed E-state index contributed by atoms with van der Waals surface area (Å²) in [6.45, 7) is 6.84. The summed E-state index contributed by atoms with van der Waals surface area (Å²) in [5, 5.41) is 3.90. The Balaban J connectivity index is 2.39. The third kappa shape index (κ3) is 5.62. The van der Waals surface area contributed by atoms with Crippen LogP contribution in [-0.2, 0) is 11.3 Å². The third-order valence-corrected chi connectivity index (χ3v) is 3.26. The van der Waals surface area contributed by atoms with E-state index in [0.29, 0.717) is 13.1 Å². The van der Waals surface area contributed by atoms with Gasteiger partial charge in [0.25, 0.3) is 0 Å². The molecule has 0 atom stereocenters. The van der Waals surface area contributed by atoms with E-state index in [1.165, 1.54) is 0 Å². The standard InChI is InChI=1S/C15H23ClN2O/c1-3-9-18(10-4-2)15(19)12-17-11-13-7-5-6-8-14(13)16/h5-8,17H,3-4,9-12H2,1-2H3. The average molecular weight is 283 g/mol. The minimum absolute atomic E-state index is 0.163. The Kier molecular flexibility index (Phi) is 7.53. The molecule has 1 rings (SSSR count). The summed E-state index contributed by atoms with van der Waals surface area (Å²) in [4.78, 5) is 13.9. The van der Waals surface area contributed by atoms with Gasteiger partial charge in [-0.05, 0) is 24.5 Å². The maximum Gasteiger partial charge on any atom is 0.236 e. The van der Waals surface area contributed by atoms with Crippen molar-refractivity contribution in [1.82, 2.24) is 10.2 Å². The minimum Gasteiger partial charge on any atom is -0.342 e. The normalized spacial score (nSPS) is 10.5. The highest BCUT2D eigenvalue weighted by atomic mass is 35.5. The lowest BCUT2D eigenvalue weighted by Crippen LogP contribution is -2.39. The number of benzene rings is 1. The summed E-state index contributed by atoms with van der Waals surface area (Å²) in [5.74, 6) is 0.163. The van der Waals surface area contributed by atoms with E-state index in [1.54, 1.807) is 0 Å². The first-order valence-corrected chi connectivity index (χ1v) is 7.28. The Bertz CT molecular complexity index is 389. The predicted molar refractivity (Wildman–Crippen MR) is 80.3 cm³/mol. The number of halogens is 1. The maximum absolute atomic E-state index is 12.0. The van der Waals surface area contributed by atoms with E-state index in [2.05, 4.69) is 19.2 Å². The van der Waals surface area contributed by atoms with Crippen LogP contribution < -0.4 is 5.32 Å². The first-order chi connectivity index (χ1) is 9.19. The minimum atomic E-state index is 0.163. The number of carbonyl (C=O) groups excluding carboxylic acids is 1. The van der Waals surface area contributed by atoms with Crippen LogP contribution in [0.25, 0.3) is 0 Å². The summed E-state index contributed by atoms with van der Waals surface area (Å²) in [6, 6.07) is 7.68. The molecule has 106 valence electrons. The van der Waals surface area contributed by atoms with Crippen LogP contribution in [0.1, 0.15) is 32.3 Å². The van der Waals surface area contributed by atoms with Crippen molar-refractivity contribution < 1.29 is 4.79 Å². The smallest absolute Gasteiger partial charge is 0.236 e. The highest BCUT2D eigenvalue weighted by Gasteiger charge is 2.10. The number of carbonyl (C=O) groups is 1. The largest absolute Gasteiger partial charge is 0.342 e. The van der Waals surface area contributed by atoms with Crippen LogP contribution >= 0.6 is 11.6 Å². The van der Waals surface area contributed by atoms with Gasteiger partial charge < -0.3 is 10.2 Å². The van der Waals surface area contributed by atoms with Crippen LogP contribution in [0.3, 0.4) is 0 Å². The number of rotatable bonds is 8. The van der Waals surface area contributed by atoms with Crippen molar-refractivity contribution >= 4 is 17.5 Å². The molecule has 19 heavy (non-hydrogen) atoms. The van der Waals surface area contributed by atoms with Gasteiger partial charge in [0.05, 0.1) is 6.54 Å². The van der Waals surface area contributed by atoms with Gasteiger partial charge in [-0.15, -0.1) is 0 Å². The summed E-state index contributed by atoms with van der Waals surface area (Å²) in [7, 11) is 0. The Morgan fingerprint density at radius 3 is 2.42 bits per heavy atom. The second-order valence-corrected chi connectivity index (χ2v) is 4.98. The Morgan fingerprint density at radius 2 is 1.84 bits per heavy atom. The van der Waals surface area contributed by atoms with Crippen molar-refractivity contribution in [3.8, 4) is 0 Å². The van der Waals surface area contributed by atoms with Gasteiger partial charge in [0.2, 0.25) is 5.91 Å². The van der Waals surface area contributed by atoms with E-state index in [4.69, 9.17) is 11.6 Å². The molecule has 1 aromatic rings. The summed E-state index contributed by atoms with van der Waals surface area (Å²) in [6.07, 6.45) is 1.99. The molecule has 0 bridgehead atoms. The van der Waals surface area contributed by atoms with Crippen LogP contribution in [0.4, 0.5) is 0 Å². The molecule has 0 saturated carbocycles. The molecule has 4 heteroatoms. The number of amides is 1. The zero-order chi connectivity index (χ0) is 14.1. The van der Waals surface area contributed by atoms with Crippen LogP contribution in [0.2, 0.25) is 5.02 Å². The molecule has 3 nitrogen and oxygen atoms in total. The Morgan fingerprint density at radius 1 is 1.21 bits per heavy atom. The second kappa shape index (κ2) is 8.94. The van der Waals surface area contributed by atoms with E-state index >= 15 is 0 Å². The Hall–Kier alpha value is -1.06. The van der Waals surface area contributed by atoms with Gasteiger partial charge in [0, 0.05) is 24.7 Å². The lowest BCUT2D eigenvalue weighted by Gasteiger charge is -2.21. The van der Waals surface area contributed by atoms with Crippen molar-refractivity contribution in [2.75, 3.05) is 19.6 Å². The highest BCUT2D eigenvalue weighted by Crippen LogP contribution is 2.14. The quantitative estimate of drug-likeness (QED) is 0.795. The lowest BCUT2D eigenvalue weighted by atomic mass is 10.2.